The van der Waals surface area contributed by atoms with Crippen molar-refractivity contribution in [3.8, 4) is 0 Å². The summed E-state index contributed by atoms with van der Waals surface area (Å²) in [6.07, 6.45) is 4.67. The maximum atomic E-state index is 5.96. The number of methoxy groups -OCH3 is 1. The predicted molar refractivity (Wildman–Crippen MR) is 62.4 cm³/mol. The normalized spacial score (nSPS) is 30.9. The number of epoxide rings is 1. The molecule has 3 heteroatoms. The summed E-state index contributed by atoms with van der Waals surface area (Å²) >= 11 is 5.89. The van der Waals surface area contributed by atoms with Gasteiger partial charge in [0.05, 0.1) is 0 Å². The third kappa shape index (κ3) is 1.27. The topological polar surface area (TPSA) is 21.8 Å². The highest BCUT2D eigenvalue weighted by molar-refractivity contribution is 6.30. The zero-order valence-electron chi connectivity index (χ0n) is 9.33. The molecular formula is C13H15ClO2. The molecule has 0 N–H and O–H groups in total. The Morgan fingerprint density at radius 2 is 1.81 bits per heavy atom. The van der Waals surface area contributed by atoms with Crippen LogP contribution in [0.3, 0.4) is 0 Å². The van der Waals surface area contributed by atoms with Crippen molar-refractivity contribution >= 4 is 11.6 Å². The van der Waals surface area contributed by atoms with Crippen molar-refractivity contribution in [3.63, 3.8) is 0 Å². The van der Waals surface area contributed by atoms with Gasteiger partial charge >= 0.3 is 0 Å². The van der Waals surface area contributed by atoms with E-state index in [0.717, 1.165) is 23.4 Å². The molecule has 3 rings (SSSR count). The molecule has 0 aromatic heterocycles. The van der Waals surface area contributed by atoms with Crippen LogP contribution < -0.4 is 0 Å². The average Bonchev–Trinajstić information content (AvgIpc) is 2.67. The highest BCUT2D eigenvalue weighted by Crippen LogP contribution is 2.63. The number of hydrogen-bond donors (Lipinski definition) is 0. The summed E-state index contributed by atoms with van der Waals surface area (Å²) in [4.78, 5) is 0. The van der Waals surface area contributed by atoms with Gasteiger partial charge in [-0.05, 0) is 25.0 Å². The standard InChI is InChI=1S/C13H15ClO2/c1-15-13(10-4-6-11(14)7-5-10)12(16-13)8-2-3-9-12/h4-7H,2-3,8-9H2,1H3. The fourth-order valence-corrected chi connectivity index (χ4v) is 3.09. The van der Waals surface area contributed by atoms with Gasteiger partial charge in [0.25, 0.3) is 0 Å². The number of hydrogen-bond acceptors (Lipinski definition) is 2. The zero-order valence-corrected chi connectivity index (χ0v) is 10.1. The second-order valence-electron chi connectivity index (χ2n) is 4.63. The first-order valence-corrected chi connectivity index (χ1v) is 6.12. The van der Waals surface area contributed by atoms with Crippen molar-refractivity contribution in [1.29, 1.82) is 0 Å². The minimum Gasteiger partial charge on any atom is -0.347 e. The predicted octanol–water partition coefficient (Wildman–Crippen LogP) is 3.48. The van der Waals surface area contributed by atoms with Gasteiger partial charge in [-0.1, -0.05) is 36.6 Å². The second kappa shape index (κ2) is 3.46. The molecule has 1 aliphatic heterocycles. The molecule has 1 heterocycles. The molecule has 0 amide bonds. The Balaban J connectivity index is 1.95. The lowest BCUT2D eigenvalue weighted by Gasteiger charge is -2.15. The van der Waals surface area contributed by atoms with Crippen molar-refractivity contribution in [3.05, 3.63) is 34.9 Å². The molecule has 0 bridgehead atoms. The fourth-order valence-electron chi connectivity index (χ4n) is 2.96. The molecule has 2 fully saturated rings. The largest absolute Gasteiger partial charge is 0.347 e. The maximum absolute atomic E-state index is 5.96. The molecule has 1 saturated heterocycles. The van der Waals surface area contributed by atoms with Crippen molar-refractivity contribution in [1.82, 2.24) is 0 Å². The van der Waals surface area contributed by atoms with Gasteiger partial charge in [-0.25, -0.2) is 0 Å². The molecule has 16 heavy (non-hydrogen) atoms. The molecule has 1 atom stereocenters. The molecular weight excluding hydrogens is 224 g/mol. The van der Waals surface area contributed by atoms with Gasteiger partial charge < -0.3 is 9.47 Å². The highest BCUT2D eigenvalue weighted by Gasteiger charge is 2.72. The molecule has 1 spiro atoms. The van der Waals surface area contributed by atoms with E-state index < -0.39 is 5.79 Å². The van der Waals surface area contributed by atoms with E-state index >= 15 is 0 Å². The van der Waals surface area contributed by atoms with E-state index in [-0.39, 0.29) is 5.60 Å². The Morgan fingerprint density at radius 1 is 1.19 bits per heavy atom. The van der Waals surface area contributed by atoms with E-state index in [1.807, 2.05) is 24.3 Å². The number of halogens is 1. The third-order valence-corrected chi connectivity index (χ3v) is 4.07. The minimum atomic E-state index is -0.506. The summed E-state index contributed by atoms with van der Waals surface area (Å²) in [5, 5.41) is 0.746. The van der Waals surface area contributed by atoms with E-state index in [0.29, 0.717) is 0 Å². The second-order valence-corrected chi connectivity index (χ2v) is 5.07. The number of ether oxygens (including phenoxy) is 2. The van der Waals surface area contributed by atoms with Gasteiger partial charge in [-0.2, -0.15) is 0 Å². The monoisotopic (exact) mass is 238 g/mol. The van der Waals surface area contributed by atoms with Crippen LogP contribution in [0, 0.1) is 0 Å². The summed E-state index contributed by atoms with van der Waals surface area (Å²) in [6, 6.07) is 7.78. The van der Waals surface area contributed by atoms with Crippen LogP contribution in [-0.4, -0.2) is 12.7 Å². The molecule has 0 radical (unpaired) electrons. The van der Waals surface area contributed by atoms with Gasteiger partial charge in [0.2, 0.25) is 5.79 Å². The summed E-state index contributed by atoms with van der Waals surface area (Å²) in [6.45, 7) is 0. The molecule has 1 unspecified atom stereocenters. The van der Waals surface area contributed by atoms with E-state index in [9.17, 15) is 0 Å². The van der Waals surface area contributed by atoms with E-state index in [1.54, 1.807) is 7.11 Å². The molecule has 1 aromatic carbocycles. The Morgan fingerprint density at radius 3 is 2.38 bits per heavy atom. The van der Waals surface area contributed by atoms with Crippen LogP contribution in [0.2, 0.25) is 5.02 Å². The lowest BCUT2D eigenvalue weighted by molar-refractivity contribution is -0.0149. The van der Waals surface area contributed by atoms with Gasteiger partial charge in [-0.15, -0.1) is 0 Å². The first-order valence-electron chi connectivity index (χ1n) is 5.74. The molecule has 1 saturated carbocycles. The van der Waals surface area contributed by atoms with Gasteiger partial charge in [0.1, 0.15) is 5.60 Å². The Labute approximate surface area is 101 Å². The van der Waals surface area contributed by atoms with Crippen molar-refractivity contribution in [2.75, 3.05) is 7.11 Å². The lowest BCUT2D eigenvalue weighted by atomic mass is 9.94. The Kier molecular flexibility index (Phi) is 2.29. The summed E-state index contributed by atoms with van der Waals surface area (Å²) in [7, 11) is 1.72. The van der Waals surface area contributed by atoms with Crippen molar-refractivity contribution in [2.24, 2.45) is 0 Å². The molecule has 86 valence electrons. The molecule has 2 aliphatic rings. The van der Waals surface area contributed by atoms with Crippen LogP contribution in [0.25, 0.3) is 0 Å². The average molecular weight is 239 g/mol. The smallest absolute Gasteiger partial charge is 0.225 e. The van der Waals surface area contributed by atoms with Crippen LogP contribution in [0.1, 0.15) is 31.2 Å². The third-order valence-electron chi connectivity index (χ3n) is 3.82. The number of benzene rings is 1. The van der Waals surface area contributed by atoms with Crippen LogP contribution in [0.4, 0.5) is 0 Å². The fraction of sp³-hybridized carbons (Fsp3) is 0.538. The molecule has 1 aromatic rings. The quantitative estimate of drug-likeness (QED) is 0.736. The summed E-state index contributed by atoms with van der Waals surface area (Å²) < 4.78 is 11.6. The summed E-state index contributed by atoms with van der Waals surface area (Å²) in [5.74, 6) is -0.506. The first kappa shape index (κ1) is 10.6. The van der Waals surface area contributed by atoms with E-state index in [1.165, 1.54) is 12.8 Å². The first-order chi connectivity index (χ1) is 7.72. The zero-order chi connectivity index (χ0) is 11.2. The molecule has 1 aliphatic carbocycles. The van der Waals surface area contributed by atoms with Gasteiger partial charge in [0, 0.05) is 17.7 Å². The Hall–Kier alpha value is -0.570. The Bertz CT molecular complexity index is 395. The maximum Gasteiger partial charge on any atom is 0.225 e. The number of rotatable bonds is 2. The van der Waals surface area contributed by atoms with Crippen molar-refractivity contribution in [2.45, 2.75) is 37.1 Å². The van der Waals surface area contributed by atoms with E-state index in [4.69, 9.17) is 21.1 Å². The highest BCUT2D eigenvalue weighted by atomic mass is 35.5. The van der Waals surface area contributed by atoms with Crippen molar-refractivity contribution < 1.29 is 9.47 Å². The molecule has 2 nitrogen and oxygen atoms in total. The minimum absolute atomic E-state index is 0.0599. The van der Waals surface area contributed by atoms with Gasteiger partial charge in [0.15, 0.2) is 0 Å². The van der Waals surface area contributed by atoms with E-state index in [2.05, 4.69) is 0 Å². The van der Waals surface area contributed by atoms with Crippen LogP contribution in [-0.2, 0) is 15.3 Å². The lowest BCUT2D eigenvalue weighted by Crippen LogP contribution is -2.23. The SMILES string of the molecule is COC1(c2ccc(Cl)cc2)OC12CCCC2. The van der Waals surface area contributed by atoms with Crippen LogP contribution in [0.15, 0.2) is 24.3 Å². The van der Waals surface area contributed by atoms with Crippen LogP contribution in [0.5, 0.6) is 0 Å². The van der Waals surface area contributed by atoms with Crippen LogP contribution >= 0.6 is 11.6 Å². The summed E-state index contributed by atoms with van der Waals surface area (Å²) in [5.41, 5.74) is 1.02. The van der Waals surface area contributed by atoms with Gasteiger partial charge in [-0.3, -0.25) is 0 Å².